The topological polar surface area (TPSA) is 173 Å². The zero-order valence-corrected chi connectivity index (χ0v) is 20.9. The number of nitrogens with zero attached hydrogens (tertiary/aromatic N) is 3. The number of aromatic nitrogens is 1. The maximum absolute atomic E-state index is 12.9. The minimum atomic E-state index is -1.21. The Labute approximate surface area is 211 Å². The molecule has 0 spiro atoms. The lowest BCUT2D eigenvalue weighted by atomic mass is 9.87. The van der Waals surface area contributed by atoms with Gasteiger partial charge in [0.25, 0.3) is 5.91 Å². The van der Waals surface area contributed by atoms with E-state index in [9.17, 15) is 19.5 Å². The van der Waals surface area contributed by atoms with Crippen molar-refractivity contribution in [2.24, 2.45) is 16.3 Å². The molecule has 2 saturated heterocycles. The number of β-lactam (4-membered cyclic amide) rings is 1. The van der Waals surface area contributed by atoms with E-state index in [0.29, 0.717) is 6.42 Å². The lowest BCUT2D eigenvalue weighted by Gasteiger charge is -2.53. The number of fused-ring (bicyclic) bond motifs is 1. The van der Waals surface area contributed by atoms with Crippen molar-refractivity contribution in [2.75, 3.05) is 24.6 Å². The van der Waals surface area contributed by atoms with Crippen LogP contribution in [0.2, 0.25) is 0 Å². The summed E-state index contributed by atoms with van der Waals surface area (Å²) < 4.78 is 0. The van der Waals surface area contributed by atoms with Crippen LogP contribution in [0.5, 0.6) is 0 Å². The molecule has 3 heterocycles. The third kappa shape index (κ3) is 5.72. The normalized spacial score (nSPS) is 24.8. The van der Waals surface area contributed by atoms with E-state index in [2.05, 4.69) is 22.0 Å². The molecule has 1 aromatic heterocycles. The van der Waals surface area contributed by atoms with Gasteiger partial charge in [-0.15, -0.1) is 54.5 Å². The van der Waals surface area contributed by atoms with Crippen molar-refractivity contribution in [2.45, 2.75) is 30.9 Å². The van der Waals surface area contributed by atoms with Crippen molar-refractivity contribution in [3.63, 3.8) is 0 Å². The number of thioether (sulfide) groups is 1. The molecule has 15 heteroatoms. The molecule has 2 aliphatic rings. The first-order valence-electron chi connectivity index (χ1n) is 9.51. The second-order valence-electron chi connectivity index (χ2n) is 7.17. The minimum absolute atomic E-state index is 0. The molecule has 4 atom stereocenters. The van der Waals surface area contributed by atoms with E-state index < -0.39 is 23.3 Å². The summed E-state index contributed by atoms with van der Waals surface area (Å²) in [6.45, 7) is 5.71. The highest BCUT2D eigenvalue weighted by atomic mass is 35.5. The van der Waals surface area contributed by atoms with Gasteiger partial charge in [0, 0.05) is 24.2 Å². The number of nitrogens with one attached hydrogen (secondary N) is 1. The van der Waals surface area contributed by atoms with Crippen LogP contribution < -0.4 is 16.8 Å². The number of rotatable bonds is 9. The fourth-order valence-corrected chi connectivity index (χ4v) is 5.24. The van der Waals surface area contributed by atoms with Gasteiger partial charge in [-0.05, 0) is 6.42 Å². The fraction of sp³-hybridized carbons (Fsp3) is 0.500. The number of hydrogen-bond donors (Lipinski definition) is 4. The predicted molar refractivity (Wildman–Crippen MR) is 132 cm³/mol. The zero-order valence-electron chi connectivity index (χ0n) is 17.6. The van der Waals surface area contributed by atoms with Crippen LogP contribution >= 0.6 is 47.9 Å². The second kappa shape index (κ2) is 11.9. The molecule has 3 rings (SSSR count). The molecular formula is C18H26Cl2N6O5S2. The number of nitrogen functional groups attached to an aromatic ring is 1. The average molecular weight is 541 g/mol. The molecule has 0 bridgehead atoms. The number of thiazole rings is 1. The van der Waals surface area contributed by atoms with Crippen LogP contribution in [-0.4, -0.2) is 74.8 Å². The van der Waals surface area contributed by atoms with E-state index in [1.165, 1.54) is 22.7 Å². The summed E-state index contributed by atoms with van der Waals surface area (Å²) in [4.78, 5) is 48.1. The Morgan fingerprint density at radius 3 is 2.76 bits per heavy atom. The van der Waals surface area contributed by atoms with Gasteiger partial charge in [-0.3, -0.25) is 14.4 Å². The van der Waals surface area contributed by atoms with Crippen molar-refractivity contribution in [3.05, 3.63) is 23.7 Å². The van der Waals surface area contributed by atoms with Gasteiger partial charge < -0.3 is 31.6 Å². The lowest BCUT2D eigenvalue weighted by Crippen LogP contribution is -2.73. The van der Waals surface area contributed by atoms with Crippen molar-refractivity contribution in [3.8, 4) is 0 Å². The fourth-order valence-electron chi connectivity index (χ4n) is 3.16. The standard InChI is InChI=1S/C18H24N6O5S2.2ClH/c1-3-9(5-19)29-23-11(10-6-30-17(20)21-10)13(25)22-12-14(26)24-7-18(4-2,16(27)28)8-31-15(12)24;;/h4,6,9,12,15H,2-3,5,7-8,19H2,1H3,(H2,20,21)(H,22,25)(H,27,28);2*1H/t9?,12?,15-,18?;;/m1../s1. The third-order valence-corrected chi connectivity index (χ3v) is 7.42. The number of carboxylic acid groups (broad SMARTS) is 1. The summed E-state index contributed by atoms with van der Waals surface area (Å²) in [6.07, 6.45) is 1.57. The Kier molecular flexibility index (Phi) is 10.4. The number of carboxylic acids is 1. The van der Waals surface area contributed by atoms with Crippen LogP contribution in [0, 0.1) is 5.41 Å². The summed E-state index contributed by atoms with van der Waals surface area (Å²) >= 11 is 2.42. The van der Waals surface area contributed by atoms with Gasteiger partial charge >= 0.3 is 5.97 Å². The smallest absolute Gasteiger partial charge is 0.316 e. The Hall–Kier alpha value is -2.06. The van der Waals surface area contributed by atoms with E-state index in [1.54, 1.807) is 5.38 Å². The van der Waals surface area contributed by atoms with Crippen molar-refractivity contribution in [1.29, 1.82) is 0 Å². The number of aliphatic carboxylic acids is 1. The van der Waals surface area contributed by atoms with E-state index in [4.69, 9.17) is 16.3 Å². The van der Waals surface area contributed by atoms with E-state index in [-0.39, 0.29) is 77.6 Å². The van der Waals surface area contributed by atoms with Crippen LogP contribution in [0.25, 0.3) is 0 Å². The molecule has 0 aromatic carbocycles. The second-order valence-corrected chi connectivity index (χ2v) is 9.16. The third-order valence-electron chi connectivity index (χ3n) is 5.20. The molecule has 33 heavy (non-hydrogen) atoms. The van der Waals surface area contributed by atoms with Gasteiger partial charge in [0.15, 0.2) is 10.8 Å². The van der Waals surface area contributed by atoms with Crippen molar-refractivity contribution < 1.29 is 24.3 Å². The summed E-state index contributed by atoms with van der Waals surface area (Å²) in [6, 6.07) is -0.813. The van der Waals surface area contributed by atoms with Gasteiger partial charge in [-0.1, -0.05) is 18.2 Å². The van der Waals surface area contributed by atoms with E-state index in [0.717, 1.165) is 11.3 Å². The van der Waals surface area contributed by atoms with Crippen LogP contribution in [0.3, 0.4) is 0 Å². The first-order valence-corrected chi connectivity index (χ1v) is 11.4. The molecule has 2 fully saturated rings. The largest absolute Gasteiger partial charge is 0.481 e. The lowest BCUT2D eigenvalue weighted by molar-refractivity contribution is -0.156. The number of carbonyl (C=O) groups is 3. The molecule has 2 amide bonds. The highest BCUT2D eigenvalue weighted by Crippen LogP contribution is 2.42. The van der Waals surface area contributed by atoms with Gasteiger partial charge in [0.1, 0.15) is 28.6 Å². The Morgan fingerprint density at radius 1 is 1.55 bits per heavy atom. The number of amides is 2. The van der Waals surface area contributed by atoms with Gasteiger partial charge in [0.05, 0.1) is 0 Å². The summed E-state index contributed by atoms with van der Waals surface area (Å²) in [5.41, 5.74) is 10.2. The SMILES string of the molecule is C=CC1(C(=O)O)CS[C@@H]2C(NC(=O)C(=NOC(CC)CN)c3csc(N)n3)C(=O)N2C1.Cl.Cl. The van der Waals surface area contributed by atoms with Gasteiger partial charge in [0.2, 0.25) is 5.91 Å². The molecular weight excluding hydrogens is 515 g/mol. The summed E-state index contributed by atoms with van der Waals surface area (Å²) in [7, 11) is 0. The van der Waals surface area contributed by atoms with Gasteiger partial charge in [-0.25, -0.2) is 4.98 Å². The first kappa shape index (κ1) is 29.0. The Bertz CT molecular complexity index is 928. The number of nitrogens with two attached hydrogens (primary N) is 2. The predicted octanol–water partition coefficient (Wildman–Crippen LogP) is 0.684. The monoisotopic (exact) mass is 540 g/mol. The molecule has 3 unspecified atom stereocenters. The van der Waals surface area contributed by atoms with Crippen molar-refractivity contribution >= 4 is 76.5 Å². The Balaban J connectivity index is 0.00000272. The maximum Gasteiger partial charge on any atom is 0.316 e. The van der Waals surface area contributed by atoms with Crippen LogP contribution in [0.4, 0.5) is 5.13 Å². The number of anilines is 1. The maximum atomic E-state index is 12.9. The molecule has 6 N–H and O–H groups in total. The average Bonchev–Trinajstić information content (AvgIpc) is 3.19. The van der Waals surface area contributed by atoms with Crippen LogP contribution in [0.1, 0.15) is 19.0 Å². The molecule has 2 aliphatic heterocycles. The molecule has 11 nitrogen and oxygen atoms in total. The van der Waals surface area contributed by atoms with Crippen LogP contribution in [-0.2, 0) is 19.2 Å². The number of hydrogen-bond acceptors (Lipinski definition) is 10. The number of carbonyl (C=O) groups excluding carboxylic acids is 2. The quantitative estimate of drug-likeness (QED) is 0.152. The number of oxime groups is 1. The first-order chi connectivity index (χ1) is 14.8. The molecule has 0 radical (unpaired) electrons. The summed E-state index contributed by atoms with van der Waals surface area (Å²) in [5.74, 6) is -1.81. The molecule has 184 valence electrons. The Morgan fingerprint density at radius 2 is 2.24 bits per heavy atom. The highest BCUT2D eigenvalue weighted by Gasteiger charge is 2.56. The minimum Gasteiger partial charge on any atom is -0.481 e. The highest BCUT2D eigenvalue weighted by molar-refractivity contribution is 8.00. The summed E-state index contributed by atoms with van der Waals surface area (Å²) in [5, 5.41) is 17.6. The van der Waals surface area contributed by atoms with Crippen LogP contribution in [0.15, 0.2) is 23.2 Å². The van der Waals surface area contributed by atoms with Gasteiger partial charge in [-0.2, -0.15) is 0 Å². The molecule has 0 aliphatic carbocycles. The van der Waals surface area contributed by atoms with E-state index in [1.807, 2.05) is 6.92 Å². The molecule has 1 aromatic rings. The number of halogens is 2. The zero-order chi connectivity index (χ0) is 22.8. The van der Waals surface area contributed by atoms with Crippen molar-refractivity contribution in [1.82, 2.24) is 15.2 Å². The molecule has 0 saturated carbocycles. The van der Waals surface area contributed by atoms with E-state index >= 15 is 0 Å².